The second kappa shape index (κ2) is 8.68. The van der Waals surface area contributed by atoms with Gasteiger partial charge in [-0.05, 0) is 37.3 Å². The van der Waals surface area contributed by atoms with E-state index in [1.807, 2.05) is 24.6 Å². The number of anilines is 2. The van der Waals surface area contributed by atoms with Crippen molar-refractivity contribution in [2.75, 3.05) is 32.6 Å². The molecule has 0 aliphatic rings. The molecule has 10 heteroatoms. The van der Waals surface area contributed by atoms with Crippen molar-refractivity contribution in [1.29, 1.82) is 0 Å². The lowest BCUT2D eigenvalue weighted by atomic mass is 10.3. The summed E-state index contributed by atoms with van der Waals surface area (Å²) in [6.07, 6.45) is 3.43. The fraction of sp³-hybridized carbons (Fsp3) is 0.316. The number of hydrogen-bond acceptors (Lipinski definition) is 7. The first kappa shape index (κ1) is 20.9. The van der Waals surface area contributed by atoms with Gasteiger partial charge in [-0.15, -0.1) is 0 Å². The second-order valence-electron chi connectivity index (χ2n) is 6.48. The fourth-order valence-electron chi connectivity index (χ4n) is 2.66. The van der Waals surface area contributed by atoms with Crippen molar-refractivity contribution < 1.29 is 13.2 Å². The Balaban J connectivity index is 1.77. The van der Waals surface area contributed by atoms with Crippen molar-refractivity contribution in [2.24, 2.45) is 7.05 Å². The smallest absolute Gasteiger partial charge is 0.242 e. The fourth-order valence-corrected chi connectivity index (χ4v) is 3.82. The van der Waals surface area contributed by atoms with Crippen LogP contribution in [0.1, 0.15) is 5.82 Å². The van der Waals surface area contributed by atoms with Gasteiger partial charge in [-0.2, -0.15) is 4.31 Å². The third kappa shape index (κ3) is 4.61. The van der Waals surface area contributed by atoms with Crippen molar-refractivity contribution in [1.82, 2.24) is 23.8 Å². The van der Waals surface area contributed by atoms with E-state index in [9.17, 15) is 8.42 Å². The van der Waals surface area contributed by atoms with E-state index in [1.165, 1.54) is 18.5 Å². The highest BCUT2D eigenvalue weighted by Crippen LogP contribution is 2.22. The van der Waals surface area contributed by atoms with Crippen LogP contribution in [0.25, 0.3) is 11.4 Å². The second-order valence-corrected chi connectivity index (χ2v) is 8.53. The minimum absolute atomic E-state index is 0.210. The van der Waals surface area contributed by atoms with Crippen molar-refractivity contribution >= 4 is 21.7 Å². The minimum atomic E-state index is -3.56. The molecular weight excluding hydrogens is 392 g/mol. The SMILES string of the molecule is COCCN(C)S(=O)(=O)c1ccc(Nc2nccc(-c3cnc(C)n3C)n2)cc1. The van der Waals surface area contributed by atoms with E-state index < -0.39 is 10.0 Å². The molecular formula is C19H24N6O3S. The van der Waals surface area contributed by atoms with Gasteiger partial charge in [-0.25, -0.2) is 23.4 Å². The van der Waals surface area contributed by atoms with Gasteiger partial charge in [-0.1, -0.05) is 0 Å². The summed E-state index contributed by atoms with van der Waals surface area (Å²) >= 11 is 0. The number of nitrogens with one attached hydrogen (secondary N) is 1. The number of methoxy groups -OCH3 is 1. The first-order valence-electron chi connectivity index (χ1n) is 8.97. The summed E-state index contributed by atoms with van der Waals surface area (Å²) in [5.74, 6) is 1.30. The molecule has 0 aliphatic carbocycles. The summed E-state index contributed by atoms with van der Waals surface area (Å²) in [7, 11) is 1.43. The lowest BCUT2D eigenvalue weighted by Crippen LogP contribution is -2.30. The largest absolute Gasteiger partial charge is 0.383 e. The van der Waals surface area contributed by atoms with E-state index >= 15 is 0 Å². The van der Waals surface area contributed by atoms with Crippen LogP contribution in [0.15, 0.2) is 47.6 Å². The van der Waals surface area contributed by atoms with Crippen LogP contribution in [-0.2, 0) is 21.8 Å². The van der Waals surface area contributed by atoms with E-state index in [-0.39, 0.29) is 11.4 Å². The zero-order chi connectivity index (χ0) is 21.0. The number of hydrogen-bond donors (Lipinski definition) is 1. The van der Waals surface area contributed by atoms with Gasteiger partial charge in [0.05, 0.1) is 29.1 Å². The number of imidazole rings is 1. The topological polar surface area (TPSA) is 102 Å². The predicted octanol–water partition coefficient (Wildman–Crippen LogP) is 2.20. The molecule has 0 atom stereocenters. The summed E-state index contributed by atoms with van der Waals surface area (Å²) in [6, 6.07) is 8.28. The lowest BCUT2D eigenvalue weighted by Gasteiger charge is -2.17. The standard InChI is InChI=1S/C19H24N6O3S/c1-14-21-13-18(25(14)3)17-9-10-20-19(23-17)22-15-5-7-16(8-6-15)29(26,27)24(2)11-12-28-4/h5-10,13H,11-12H2,1-4H3,(H,20,22,23). The summed E-state index contributed by atoms with van der Waals surface area (Å²) in [6.45, 7) is 2.54. The van der Waals surface area contributed by atoms with Crippen LogP contribution in [-0.4, -0.2) is 59.6 Å². The maximum absolute atomic E-state index is 12.6. The third-order valence-electron chi connectivity index (χ3n) is 4.57. The Morgan fingerprint density at radius 1 is 1.17 bits per heavy atom. The summed E-state index contributed by atoms with van der Waals surface area (Å²) in [5.41, 5.74) is 2.31. The Morgan fingerprint density at radius 2 is 1.90 bits per heavy atom. The van der Waals surface area contributed by atoms with Crippen LogP contribution in [0.2, 0.25) is 0 Å². The minimum Gasteiger partial charge on any atom is -0.383 e. The van der Waals surface area contributed by atoms with Gasteiger partial charge in [0.1, 0.15) is 5.82 Å². The van der Waals surface area contributed by atoms with Crippen molar-refractivity contribution in [3.8, 4) is 11.4 Å². The number of benzene rings is 1. The molecule has 0 spiro atoms. The van der Waals surface area contributed by atoms with Crippen molar-refractivity contribution in [2.45, 2.75) is 11.8 Å². The number of sulfonamides is 1. The van der Waals surface area contributed by atoms with Crippen LogP contribution < -0.4 is 5.32 Å². The van der Waals surface area contributed by atoms with Gasteiger partial charge in [-0.3, -0.25) is 0 Å². The molecule has 0 unspecified atom stereocenters. The van der Waals surface area contributed by atoms with E-state index in [4.69, 9.17) is 4.74 Å². The Kier molecular flexibility index (Phi) is 6.26. The Morgan fingerprint density at radius 3 is 2.52 bits per heavy atom. The Bertz CT molecular complexity index is 1080. The maximum atomic E-state index is 12.6. The number of likely N-dealkylation sites (N-methyl/N-ethyl adjacent to an activating group) is 1. The van der Waals surface area contributed by atoms with Gasteiger partial charge in [0.15, 0.2) is 0 Å². The highest BCUT2D eigenvalue weighted by molar-refractivity contribution is 7.89. The van der Waals surface area contributed by atoms with Gasteiger partial charge in [0, 0.05) is 39.6 Å². The molecule has 9 nitrogen and oxygen atoms in total. The van der Waals surface area contributed by atoms with Crippen LogP contribution >= 0.6 is 0 Å². The zero-order valence-corrected chi connectivity index (χ0v) is 17.6. The van der Waals surface area contributed by atoms with Crippen LogP contribution in [0.4, 0.5) is 11.6 Å². The molecule has 3 rings (SSSR count). The predicted molar refractivity (Wildman–Crippen MR) is 110 cm³/mol. The molecule has 0 aliphatic heterocycles. The number of rotatable bonds is 8. The molecule has 2 heterocycles. The molecule has 0 fully saturated rings. The number of ether oxygens (including phenoxy) is 1. The van der Waals surface area contributed by atoms with Crippen LogP contribution in [0, 0.1) is 6.92 Å². The quantitative estimate of drug-likeness (QED) is 0.600. The van der Waals surface area contributed by atoms with Gasteiger partial charge in [0.2, 0.25) is 16.0 Å². The number of aryl methyl sites for hydroxylation is 1. The summed E-state index contributed by atoms with van der Waals surface area (Å²) in [5, 5.41) is 3.10. The highest BCUT2D eigenvalue weighted by atomic mass is 32.2. The normalized spacial score (nSPS) is 11.8. The molecule has 2 aromatic heterocycles. The molecule has 3 aromatic rings. The van der Waals surface area contributed by atoms with E-state index in [0.717, 1.165) is 17.2 Å². The third-order valence-corrected chi connectivity index (χ3v) is 6.44. The molecule has 29 heavy (non-hydrogen) atoms. The van der Waals surface area contributed by atoms with E-state index in [2.05, 4.69) is 20.3 Å². The summed E-state index contributed by atoms with van der Waals surface area (Å²) in [4.78, 5) is 13.3. The number of aromatic nitrogens is 4. The van der Waals surface area contributed by atoms with Crippen molar-refractivity contribution in [3.05, 3.63) is 48.5 Å². The average molecular weight is 417 g/mol. The van der Waals surface area contributed by atoms with E-state index in [0.29, 0.717) is 18.2 Å². The first-order chi connectivity index (χ1) is 13.8. The maximum Gasteiger partial charge on any atom is 0.242 e. The van der Waals surface area contributed by atoms with Crippen LogP contribution in [0.3, 0.4) is 0 Å². The molecule has 154 valence electrons. The molecule has 0 saturated heterocycles. The zero-order valence-electron chi connectivity index (χ0n) is 16.8. The van der Waals surface area contributed by atoms with Crippen molar-refractivity contribution in [3.63, 3.8) is 0 Å². The molecule has 0 bridgehead atoms. The molecule has 0 radical (unpaired) electrons. The Hall–Kier alpha value is -2.82. The first-order valence-corrected chi connectivity index (χ1v) is 10.4. The average Bonchev–Trinajstić information content (AvgIpc) is 3.05. The van der Waals surface area contributed by atoms with Crippen LogP contribution in [0.5, 0.6) is 0 Å². The van der Waals surface area contributed by atoms with E-state index in [1.54, 1.807) is 36.7 Å². The monoisotopic (exact) mass is 416 g/mol. The van der Waals surface area contributed by atoms with Gasteiger partial charge < -0.3 is 14.6 Å². The molecule has 1 N–H and O–H groups in total. The summed E-state index contributed by atoms with van der Waals surface area (Å²) < 4.78 is 33.3. The number of nitrogens with zero attached hydrogens (tertiary/aromatic N) is 5. The lowest BCUT2D eigenvalue weighted by molar-refractivity contribution is 0.185. The highest BCUT2D eigenvalue weighted by Gasteiger charge is 2.20. The molecule has 1 aromatic carbocycles. The van der Waals surface area contributed by atoms with Gasteiger partial charge >= 0.3 is 0 Å². The molecule has 0 amide bonds. The van der Waals surface area contributed by atoms with Gasteiger partial charge in [0.25, 0.3) is 0 Å². The Labute approximate surface area is 170 Å². The molecule has 0 saturated carbocycles.